The summed E-state index contributed by atoms with van der Waals surface area (Å²) in [4.78, 5) is 0. The Kier molecular flexibility index (Phi) is 6.56. The largest absolute Gasteiger partial charge is 0.491 e. The van der Waals surface area contributed by atoms with Gasteiger partial charge in [0, 0.05) is 29.4 Å². The summed E-state index contributed by atoms with van der Waals surface area (Å²) in [5.74, 6) is 0.884. The van der Waals surface area contributed by atoms with Gasteiger partial charge in [0.1, 0.15) is 12.4 Å². The standard InChI is InChI=1S/C18H22ClNO2/c1-3-21-11-12-22-18-10-5-4-7-15(18)13-20-17-9-6-8-16(19)14(17)2/h4-10,20H,3,11-13H2,1-2H3. The van der Waals surface area contributed by atoms with Gasteiger partial charge in [-0.05, 0) is 37.6 Å². The second-order valence-corrected chi connectivity index (χ2v) is 5.33. The molecule has 4 heteroatoms. The van der Waals surface area contributed by atoms with E-state index >= 15 is 0 Å². The van der Waals surface area contributed by atoms with Crippen molar-refractivity contribution in [2.24, 2.45) is 0 Å². The van der Waals surface area contributed by atoms with Crippen LogP contribution in [0, 0.1) is 6.92 Å². The van der Waals surface area contributed by atoms with Crippen LogP contribution in [-0.4, -0.2) is 19.8 Å². The molecule has 0 aliphatic rings. The van der Waals surface area contributed by atoms with Crippen LogP contribution < -0.4 is 10.1 Å². The first kappa shape index (κ1) is 16.7. The van der Waals surface area contributed by atoms with E-state index in [4.69, 9.17) is 21.1 Å². The Morgan fingerprint density at radius 2 is 1.86 bits per heavy atom. The zero-order valence-corrected chi connectivity index (χ0v) is 13.8. The molecular weight excluding hydrogens is 298 g/mol. The quantitative estimate of drug-likeness (QED) is 0.717. The number of hydrogen-bond donors (Lipinski definition) is 1. The lowest BCUT2D eigenvalue weighted by Gasteiger charge is -2.14. The Balaban J connectivity index is 1.99. The molecule has 0 amide bonds. The maximum absolute atomic E-state index is 6.15. The van der Waals surface area contributed by atoms with Gasteiger partial charge in [0.05, 0.1) is 6.61 Å². The number of para-hydroxylation sites is 1. The minimum atomic E-state index is 0.557. The maximum Gasteiger partial charge on any atom is 0.124 e. The molecule has 0 bridgehead atoms. The summed E-state index contributed by atoms with van der Waals surface area (Å²) in [6, 6.07) is 13.9. The van der Waals surface area contributed by atoms with Crippen LogP contribution in [-0.2, 0) is 11.3 Å². The van der Waals surface area contributed by atoms with Crippen LogP contribution in [0.25, 0.3) is 0 Å². The highest BCUT2D eigenvalue weighted by Crippen LogP contribution is 2.25. The molecule has 0 aromatic heterocycles. The molecule has 0 saturated heterocycles. The second-order valence-electron chi connectivity index (χ2n) is 4.92. The predicted molar refractivity (Wildman–Crippen MR) is 91.9 cm³/mol. The van der Waals surface area contributed by atoms with Crippen molar-refractivity contribution < 1.29 is 9.47 Å². The number of benzene rings is 2. The third-order valence-corrected chi connectivity index (χ3v) is 3.81. The Bertz CT molecular complexity index is 601. The molecule has 2 aromatic rings. The maximum atomic E-state index is 6.15. The van der Waals surface area contributed by atoms with E-state index in [9.17, 15) is 0 Å². The van der Waals surface area contributed by atoms with Gasteiger partial charge in [0.15, 0.2) is 0 Å². The van der Waals surface area contributed by atoms with Crippen molar-refractivity contribution in [1.82, 2.24) is 0 Å². The molecule has 0 unspecified atom stereocenters. The van der Waals surface area contributed by atoms with Gasteiger partial charge in [-0.25, -0.2) is 0 Å². The molecule has 0 aliphatic carbocycles. The van der Waals surface area contributed by atoms with E-state index in [0.717, 1.165) is 27.6 Å². The van der Waals surface area contributed by atoms with E-state index in [1.165, 1.54) is 0 Å². The molecule has 0 radical (unpaired) electrons. The summed E-state index contributed by atoms with van der Waals surface area (Å²) >= 11 is 6.15. The lowest BCUT2D eigenvalue weighted by molar-refractivity contribution is 0.110. The molecule has 0 fully saturated rings. The van der Waals surface area contributed by atoms with Crippen LogP contribution in [0.4, 0.5) is 5.69 Å². The van der Waals surface area contributed by atoms with Crippen molar-refractivity contribution in [2.75, 3.05) is 25.1 Å². The molecule has 1 N–H and O–H groups in total. The van der Waals surface area contributed by atoms with Crippen molar-refractivity contribution in [3.05, 3.63) is 58.6 Å². The Hall–Kier alpha value is -1.71. The summed E-state index contributed by atoms with van der Waals surface area (Å²) < 4.78 is 11.1. The summed E-state index contributed by atoms with van der Waals surface area (Å²) in [6.07, 6.45) is 0. The zero-order chi connectivity index (χ0) is 15.8. The molecule has 0 heterocycles. The van der Waals surface area contributed by atoms with Crippen molar-refractivity contribution in [2.45, 2.75) is 20.4 Å². The van der Waals surface area contributed by atoms with Crippen LogP contribution >= 0.6 is 11.6 Å². The van der Waals surface area contributed by atoms with Gasteiger partial charge < -0.3 is 14.8 Å². The normalized spacial score (nSPS) is 10.5. The van der Waals surface area contributed by atoms with Crippen LogP contribution in [0.1, 0.15) is 18.1 Å². The Labute approximate surface area is 137 Å². The average molecular weight is 320 g/mol. The van der Waals surface area contributed by atoms with Gasteiger partial charge in [0.25, 0.3) is 0 Å². The molecule has 0 saturated carbocycles. The first-order valence-corrected chi connectivity index (χ1v) is 7.87. The zero-order valence-electron chi connectivity index (χ0n) is 13.1. The topological polar surface area (TPSA) is 30.5 Å². The van der Waals surface area contributed by atoms with Crippen molar-refractivity contribution in [1.29, 1.82) is 0 Å². The molecule has 0 spiro atoms. The number of hydrogen-bond acceptors (Lipinski definition) is 3. The van der Waals surface area contributed by atoms with E-state index in [1.807, 2.05) is 50.2 Å². The van der Waals surface area contributed by atoms with Crippen LogP contribution in [0.2, 0.25) is 5.02 Å². The van der Waals surface area contributed by atoms with Crippen LogP contribution in [0.15, 0.2) is 42.5 Å². The summed E-state index contributed by atoms with van der Waals surface area (Å²) in [7, 11) is 0. The first-order chi connectivity index (χ1) is 10.7. The fraction of sp³-hybridized carbons (Fsp3) is 0.333. The first-order valence-electron chi connectivity index (χ1n) is 7.49. The molecule has 0 atom stereocenters. The van der Waals surface area contributed by atoms with Crippen molar-refractivity contribution in [3.8, 4) is 5.75 Å². The fourth-order valence-corrected chi connectivity index (χ4v) is 2.31. The highest BCUT2D eigenvalue weighted by atomic mass is 35.5. The molecular formula is C18H22ClNO2. The molecule has 2 aromatic carbocycles. The number of anilines is 1. The van der Waals surface area contributed by atoms with Crippen molar-refractivity contribution in [3.63, 3.8) is 0 Å². The minimum Gasteiger partial charge on any atom is -0.491 e. The summed E-state index contributed by atoms with van der Waals surface area (Å²) in [5, 5.41) is 4.19. The molecule has 22 heavy (non-hydrogen) atoms. The SMILES string of the molecule is CCOCCOc1ccccc1CNc1cccc(Cl)c1C. The fourth-order valence-electron chi connectivity index (χ4n) is 2.13. The summed E-state index contributed by atoms with van der Waals surface area (Å²) in [5.41, 5.74) is 3.20. The lowest BCUT2D eigenvalue weighted by Crippen LogP contribution is -2.09. The van der Waals surface area contributed by atoms with E-state index in [1.54, 1.807) is 0 Å². The highest BCUT2D eigenvalue weighted by molar-refractivity contribution is 6.31. The lowest BCUT2D eigenvalue weighted by atomic mass is 10.1. The number of halogens is 1. The van der Waals surface area contributed by atoms with Gasteiger partial charge in [0.2, 0.25) is 0 Å². The number of ether oxygens (including phenoxy) is 2. The molecule has 2 rings (SSSR count). The Morgan fingerprint density at radius 3 is 2.68 bits per heavy atom. The smallest absolute Gasteiger partial charge is 0.124 e. The van der Waals surface area contributed by atoms with E-state index in [0.29, 0.717) is 26.4 Å². The van der Waals surface area contributed by atoms with Gasteiger partial charge in [-0.3, -0.25) is 0 Å². The third kappa shape index (κ3) is 4.65. The highest BCUT2D eigenvalue weighted by Gasteiger charge is 2.05. The van der Waals surface area contributed by atoms with Crippen LogP contribution in [0.3, 0.4) is 0 Å². The average Bonchev–Trinajstić information content (AvgIpc) is 2.54. The second kappa shape index (κ2) is 8.66. The Morgan fingerprint density at radius 1 is 1.05 bits per heavy atom. The van der Waals surface area contributed by atoms with Gasteiger partial charge >= 0.3 is 0 Å². The monoisotopic (exact) mass is 319 g/mol. The predicted octanol–water partition coefficient (Wildman–Crippen LogP) is 4.68. The van der Waals surface area contributed by atoms with Crippen molar-refractivity contribution >= 4 is 17.3 Å². The molecule has 118 valence electrons. The molecule has 3 nitrogen and oxygen atoms in total. The molecule has 0 aliphatic heterocycles. The van der Waals surface area contributed by atoms with Gasteiger partial charge in [-0.1, -0.05) is 35.9 Å². The van der Waals surface area contributed by atoms with Crippen LogP contribution in [0.5, 0.6) is 5.75 Å². The van der Waals surface area contributed by atoms with E-state index < -0.39 is 0 Å². The minimum absolute atomic E-state index is 0.557. The third-order valence-electron chi connectivity index (χ3n) is 3.40. The van der Waals surface area contributed by atoms with E-state index in [-0.39, 0.29) is 0 Å². The number of nitrogens with one attached hydrogen (secondary N) is 1. The van der Waals surface area contributed by atoms with Gasteiger partial charge in [-0.15, -0.1) is 0 Å². The summed E-state index contributed by atoms with van der Waals surface area (Å²) in [6.45, 7) is 6.54. The van der Waals surface area contributed by atoms with Gasteiger partial charge in [-0.2, -0.15) is 0 Å². The van der Waals surface area contributed by atoms with E-state index in [2.05, 4.69) is 11.4 Å². The number of rotatable bonds is 8.